The zero-order valence-corrected chi connectivity index (χ0v) is 16.8. The number of rotatable bonds is 6. The molecule has 0 bridgehead atoms. The number of piperidine rings is 1. The normalized spacial score (nSPS) is 14.1. The maximum Gasteiger partial charge on any atom is 0.253 e. The number of hydrogen-bond donors (Lipinski definition) is 0. The first-order valence-corrected chi connectivity index (χ1v) is 9.95. The highest BCUT2D eigenvalue weighted by molar-refractivity contribution is 5.94. The molecule has 6 heteroatoms. The fourth-order valence-electron chi connectivity index (χ4n) is 3.66. The van der Waals surface area contributed by atoms with E-state index in [1.807, 2.05) is 12.1 Å². The SMILES string of the molecule is C=CCN(Cc1ccc(C#N)cc1)C(=O)C1CCN(C(=O)c2ccc(F)cc2)CC1. The van der Waals surface area contributed by atoms with Gasteiger partial charge in [-0.3, -0.25) is 9.59 Å². The third kappa shape index (κ3) is 5.12. The van der Waals surface area contributed by atoms with E-state index in [0.717, 1.165) is 5.56 Å². The maximum absolute atomic E-state index is 13.1. The summed E-state index contributed by atoms with van der Waals surface area (Å²) >= 11 is 0. The van der Waals surface area contributed by atoms with E-state index in [1.165, 1.54) is 24.3 Å². The van der Waals surface area contributed by atoms with Crippen LogP contribution in [0, 0.1) is 23.1 Å². The monoisotopic (exact) mass is 405 g/mol. The van der Waals surface area contributed by atoms with Crippen LogP contribution in [0.2, 0.25) is 0 Å². The molecule has 0 spiro atoms. The van der Waals surface area contributed by atoms with Gasteiger partial charge in [-0.15, -0.1) is 6.58 Å². The van der Waals surface area contributed by atoms with Gasteiger partial charge in [0.1, 0.15) is 5.82 Å². The van der Waals surface area contributed by atoms with E-state index >= 15 is 0 Å². The van der Waals surface area contributed by atoms with Crippen molar-refractivity contribution in [2.24, 2.45) is 5.92 Å². The predicted octanol–water partition coefficient (Wildman–Crippen LogP) is 3.76. The van der Waals surface area contributed by atoms with Crippen LogP contribution in [0.5, 0.6) is 0 Å². The van der Waals surface area contributed by atoms with Crippen molar-refractivity contribution in [1.29, 1.82) is 5.26 Å². The van der Waals surface area contributed by atoms with Gasteiger partial charge >= 0.3 is 0 Å². The summed E-state index contributed by atoms with van der Waals surface area (Å²) in [7, 11) is 0. The summed E-state index contributed by atoms with van der Waals surface area (Å²) in [5, 5.41) is 8.93. The molecule has 30 heavy (non-hydrogen) atoms. The summed E-state index contributed by atoms with van der Waals surface area (Å²) in [6, 6.07) is 14.8. The molecule has 0 aliphatic carbocycles. The fraction of sp³-hybridized carbons (Fsp3) is 0.292. The first-order valence-electron chi connectivity index (χ1n) is 9.95. The third-order valence-electron chi connectivity index (χ3n) is 5.34. The predicted molar refractivity (Wildman–Crippen MR) is 112 cm³/mol. The standard InChI is InChI=1S/C24H24FN3O2/c1-2-13-28(17-19-5-3-18(16-26)4-6-19)24(30)21-11-14-27(15-12-21)23(29)20-7-9-22(25)10-8-20/h2-10,21H,1,11-15,17H2. The molecule has 1 aliphatic heterocycles. The molecule has 1 heterocycles. The second kappa shape index (κ2) is 9.84. The van der Waals surface area contributed by atoms with Crippen LogP contribution in [-0.4, -0.2) is 41.2 Å². The molecular weight excluding hydrogens is 381 g/mol. The largest absolute Gasteiger partial charge is 0.339 e. The van der Waals surface area contributed by atoms with Crippen molar-refractivity contribution in [3.05, 3.63) is 83.7 Å². The molecule has 0 saturated carbocycles. The highest BCUT2D eigenvalue weighted by atomic mass is 19.1. The molecule has 5 nitrogen and oxygen atoms in total. The summed E-state index contributed by atoms with van der Waals surface area (Å²) in [5.74, 6) is -0.615. The van der Waals surface area contributed by atoms with Gasteiger partial charge in [0.15, 0.2) is 0 Å². The van der Waals surface area contributed by atoms with Gasteiger partial charge in [0, 0.05) is 37.7 Å². The molecular formula is C24H24FN3O2. The van der Waals surface area contributed by atoms with Crippen molar-refractivity contribution in [3.63, 3.8) is 0 Å². The van der Waals surface area contributed by atoms with Crippen LogP contribution in [0.15, 0.2) is 61.2 Å². The van der Waals surface area contributed by atoms with E-state index in [-0.39, 0.29) is 23.5 Å². The molecule has 3 rings (SSSR count). The molecule has 2 aromatic rings. The van der Waals surface area contributed by atoms with Crippen LogP contribution < -0.4 is 0 Å². The second-order valence-corrected chi connectivity index (χ2v) is 7.39. The number of carbonyl (C=O) groups is 2. The minimum atomic E-state index is -0.375. The van der Waals surface area contributed by atoms with Gasteiger partial charge in [0.2, 0.25) is 5.91 Å². The lowest BCUT2D eigenvalue weighted by Gasteiger charge is -2.34. The minimum absolute atomic E-state index is 0.0492. The molecule has 0 radical (unpaired) electrons. The number of halogens is 1. The first kappa shape index (κ1) is 21.3. The van der Waals surface area contributed by atoms with Crippen molar-refractivity contribution >= 4 is 11.8 Å². The lowest BCUT2D eigenvalue weighted by atomic mass is 9.94. The molecule has 0 atom stereocenters. The Morgan fingerprint density at radius 1 is 1.13 bits per heavy atom. The third-order valence-corrected chi connectivity index (χ3v) is 5.34. The molecule has 2 amide bonds. The fourth-order valence-corrected chi connectivity index (χ4v) is 3.66. The van der Waals surface area contributed by atoms with E-state index < -0.39 is 0 Å². The Morgan fingerprint density at radius 3 is 2.33 bits per heavy atom. The Morgan fingerprint density at radius 2 is 1.77 bits per heavy atom. The highest BCUT2D eigenvalue weighted by Gasteiger charge is 2.30. The van der Waals surface area contributed by atoms with Gasteiger partial charge in [-0.1, -0.05) is 18.2 Å². The smallest absolute Gasteiger partial charge is 0.253 e. The van der Waals surface area contributed by atoms with Crippen molar-refractivity contribution < 1.29 is 14.0 Å². The summed E-state index contributed by atoms with van der Waals surface area (Å²) < 4.78 is 13.1. The summed E-state index contributed by atoms with van der Waals surface area (Å²) in [6.07, 6.45) is 2.88. The van der Waals surface area contributed by atoms with E-state index in [4.69, 9.17) is 5.26 Å². The maximum atomic E-state index is 13.1. The Labute approximate surface area is 176 Å². The molecule has 154 valence electrons. The number of nitrogens with zero attached hydrogens (tertiary/aromatic N) is 3. The van der Waals surface area contributed by atoms with Gasteiger partial charge < -0.3 is 9.80 Å². The van der Waals surface area contributed by atoms with Crippen molar-refractivity contribution in [2.45, 2.75) is 19.4 Å². The molecule has 1 fully saturated rings. The quantitative estimate of drug-likeness (QED) is 0.688. The number of nitriles is 1. The number of carbonyl (C=O) groups excluding carboxylic acids is 2. The molecule has 0 aromatic heterocycles. The Bertz CT molecular complexity index is 940. The van der Waals surface area contributed by atoms with Crippen molar-refractivity contribution in [2.75, 3.05) is 19.6 Å². The Hall–Kier alpha value is -3.46. The van der Waals surface area contributed by atoms with E-state index in [9.17, 15) is 14.0 Å². The zero-order valence-electron chi connectivity index (χ0n) is 16.8. The summed E-state index contributed by atoms with van der Waals surface area (Å²) in [5.41, 5.74) is 1.99. The van der Waals surface area contributed by atoms with Gasteiger partial charge in [-0.25, -0.2) is 4.39 Å². The van der Waals surface area contributed by atoms with E-state index in [0.29, 0.717) is 50.1 Å². The molecule has 1 saturated heterocycles. The van der Waals surface area contributed by atoms with Crippen LogP contribution in [0.3, 0.4) is 0 Å². The lowest BCUT2D eigenvalue weighted by molar-refractivity contribution is -0.137. The molecule has 2 aromatic carbocycles. The molecule has 0 N–H and O–H groups in total. The van der Waals surface area contributed by atoms with Gasteiger partial charge in [-0.05, 0) is 54.8 Å². The Balaban J connectivity index is 1.60. The van der Waals surface area contributed by atoms with Crippen molar-refractivity contribution in [1.82, 2.24) is 9.80 Å². The van der Waals surface area contributed by atoms with E-state index in [2.05, 4.69) is 12.6 Å². The zero-order chi connectivity index (χ0) is 21.5. The van der Waals surface area contributed by atoms with Crippen LogP contribution in [0.1, 0.15) is 34.3 Å². The molecule has 0 unspecified atom stereocenters. The first-order chi connectivity index (χ1) is 14.5. The lowest BCUT2D eigenvalue weighted by Crippen LogP contribution is -2.44. The van der Waals surface area contributed by atoms with Crippen LogP contribution in [-0.2, 0) is 11.3 Å². The van der Waals surface area contributed by atoms with Crippen LogP contribution in [0.25, 0.3) is 0 Å². The minimum Gasteiger partial charge on any atom is -0.339 e. The van der Waals surface area contributed by atoms with Gasteiger partial charge in [0.25, 0.3) is 5.91 Å². The Kier molecular flexibility index (Phi) is 6.97. The van der Waals surface area contributed by atoms with Crippen molar-refractivity contribution in [3.8, 4) is 6.07 Å². The second-order valence-electron chi connectivity index (χ2n) is 7.39. The number of hydrogen-bond acceptors (Lipinski definition) is 3. The highest BCUT2D eigenvalue weighted by Crippen LogP contribution is 2.22. The molecule has 1 aliphatic rings. The van der Waals surface area contributed by atoms with Gasteiger partial charge in [-0.2, -0.15) is 5.26 Å². The summed E-state index contributed by atoms with van der Waals surface area (Å²) in [4.78, 5) is 29.1. The number of amides is 2. The van der Waals surface area contributed by atoms with Gasteiger partial charge in [0.05, 0.1) is 11.6 Å². The topological polar surface area (TPSA) is 64.4 Å². The number of likely N-dealkylation sites (tertiary alicyclic amines) is 1. The number of benzene rings is 2. The average molecular weight is 405 g/mol. The summed E-state index contributed by atoms with van der Waals surface area (Å²) in [6.45, 7) is 5.63. The van der Waals surface area contributed by atoms with E-state index in [1.54, 1.807) is 28.0 Å². The average Bonchev–Trinajstić information content (AvgIpc) is 2.79. The van der Waals surface area contributed by atoms with Crippen LogP contribution >= 0.6 is 0 Å². The van der Waals surface area contributed by atoms with Crippen LogP contribution in [0.4, 0.5) is 4.39 Å².